The maximum absolute atomic E-state index is 14.5. The first-order valence-corrected chi connectivity index (χ1v) is 16.2. The summed E-state index contributed by atoms with van der Waals surface area (Å²) in [5, 5.41) is 9.67. The summed E-state index contributed by atoms with van der Waals surface area (Å²) in [5.41, 5.74) is 0.720. The Balaban J connectivity index is 1.72. The normalized spacial score (nSPS) is 27.6. The molecule has 1 aromatic carbocycles. The third-order valence-corrected chi connectivity index (χ3v) is 11.0. The minimum absolute atomic E-state index is 0.0703. The van der Waals surface area contributed by atoms with E-state index in [1.807, 2.05) is 36.1 Å². The van der Waals surface area contributed by atoms with Gasteiger partial charge in [0.1, 0.15) is 11.8 Å². The molecule has 1 aromatic rings. The molecule has 3 fully saturated rings. The van der Waals surface area contributed by atoms with Crippen LogP contribution in [0.5, 0.6) is 5.75 Å². The SMILES string of the molecule is C=CCN(CCCCC)C(=O)C1N(CCCO)C(=O)[C@@H]2[C@@H](C(=O)N(CC=C)c3ccc(OCC)cc3)[C@@]3(C)CCC12S3. The number of aliphatic hydroxyl groups is 1. The van der Waals surface area contributed by atoms with E-state index in [4.69, 9.17) is 4.74 Å². The summed E-state index contributed by atoms with van der Waals surface area (Å²) in [5.74, 6) is -0.804. The molecule has 2 bridgehead atoms. The van der Waals surface area contributed by atoms with Crippen molar-refractivity contribution in [1.29, 1.82) is 0 Å². The molecule has 42 heavy (non-hydrogen) atoms. The van der Waals surface area contributed by atoms with E-state index in [-0.39, 0.29) is 30.9 Å². The van der Waals surface area contributed by atoms with Gasteiger partial charge >= 0.3 is 0 Å². The lowest BCUT2D eigenvalue weighted by Crippen LogP contribution is -2.55. The largest absolute Gasteiger partial charge is 0.494 e. The molecule has 0 aromatic heterocycles. The number of ether oxygens (including phenoxy) is 1. The molecule has 3 amide bonds. The third-order valence-electron chi connectivity index (χ3n) is 9.06. The Morgan fingerprint density at radius 2 is 1.81 bits per heavy atom. The average molecular weight is 598 g/mol. The molecule has 5 atom stereocenters. The van der Waals surface area contributed by atoms with Gasteiger partial charge in [-0.2, -0.15) is 0 Å². The molecule has 3 aliphatic rings. The molecule has 230 valence electrons. The van der Waals surface area contributed by atoms with Crippen molar-refractivity contribution in [1.82, 2.24) is 9.80 Å². The Bertz CT molecular complexity index is 1160. The highest BCUT2D eigenvalue weighted by molar-refractivity contribution is 8.02. The predicted octanol–water partition coefficient (Wildman–Crippen LogP) is 4.67. The van der Waals surface area contributed by atoms with Crippen molar-refractivity contribution < 1.29 is 24.2 Å². The van der Waals surface area contributed by atoms with Crippen LogP contribution in [0.15, 0.2) is 49.6 Å². The third kappa shape index (κ3) is 5.74. The number of thioether (sulfide) groups is 1. The Labute approximate surface area is 255 Å². The zero-order valence-electron chi connectivity index (χ0n) is 25.4. The molecular formula is C33H47N3O5S. The highest BCUT2D eigenvalue weighted by atomic mass is 32.2. The van der Waals surface area contributed by atoms with Crippen LogP contribution in [0.25, 0.3) is 0 Å². The zero-order valence-corrected chi connectivity index (χ0v) is 26.2. The van der Waals surface area contributed by atoms with Gasteiger partial charge in [-0.1, -0.05) is 31.9 Å². The first-order chi connectivity index (χ1) is 20.2. The monoisotopic (exact) mass is 597 g/mol. The van der Waals surface area contributed by atoms with Crippen molar-refractivity contribution >= 4 is 35.2 Å². The lowest BCUT2D eigenvalue weighted by Gasteiger charge is -2.38. The van der Waals surface area contributed by atoms with Crippen molar-refractivity contribution in [3.8, 4) is 5.75 Å². The number of carbonyl (C=O) groups excluding carboxylic acids is 3. The van der Waals surface area contributed by atoms with Crippen LogP contribution in [0.1, 0.15) is 59.3 Å². The Hall–Kier alpha value is -2.78. The van der Waals surface area contributed by atoms with Gasteiger partial charge in [-0.25, -0.2) is 0 Å². The summed E-state index contributed by atoms with van der Waals surface area (Å²) in [6.07, 6.45) is 8.21. The lowest BCUT2D eigenvalue weighted by atomic mass is 9.66. The van der Waals surface area contributed by atoms with Crippen molar-refractivity contribution in [2.45, 2.75) is 74.8 Å². The van der Waals surface area contributed by atoms with E-state index < -0.39 is 27.4 Å². The first kappa shape index (κ1) is 32.1. The molecule has 9 heteroatoms. The molecule has 3 saturated heterocycles. The number of carbonyl (C=O) groups is 3. The highest BCUT2D eigenvalue weighted by Crippen LogP contribution is 2.71. The molecule has 2 unspecified atom stereocenters. The van der Waals surface area contributed by atoms with Crippen LogP contribution in [0.3, 0.4) is 0 Å². The summed E-state index contributed by atoms with van der Waals surface area (Å²) < 4.78 is 4.43. The second kappa shape index (κ2) is 13.7. The van der Waals surface area contributed by atoms with Gasteiger partial charge < -0.3 is 24.5 Å². The van der Waals surface area contributed by atoms with E-state index in [1.165, 1.54) is 0 Å². The second-order valence-corrected chi connectivity index (χ2v) is 13.7. The van der Waals surface area contributed by atoms with E-state index >= 15 is 0 Å². The van der Waals surface area contributed by atoms with Crippen LogP contribution >= 0.6 is 11.8 Å². The number of fused-ring (bicyclic) bond motifs is 1. The number of amides is 3. The minimum atomic E-state index is -0.693. The van der Waals surface area contributed by atoms with Crippen molar-refractivity contribution in [3.63, 3.8) is 0 Å². The van der Waals surface area contributed by atoms with E-state index in [1.54, 1.807) is 33.7 Å². The Morgan fingerprint density at radius 1 is 1.10 bits per heavy atom. The predicted molar refractivity (Wildman–Crippen MR) is 169 cm³/mol. The molecule has 0 saturated carbocycles. The highest BCUT2D eigenvalue weighted by Gasteiger charge is 2.77. The van der Waals surface area contributed by atoms with Crippen LogP contribution in [-0.4, -0.2) is 87.6 Å². The summed E-state index contributed by atoms with van der Waals surface area (Å²) >= 11 is 1.68. The van der Waals surface area contributed by atoms with E-state index in [9.17, 15) is 19.5 Å². The van der Waals surface area contributed by atoms with E-state index in [0.29, 0.717) is 39.1 Å². The van der Waals surface area contributed by atoms with Gasteiger partial charge in [0.25, 0.3) is 0 Å². The van der Waals surface area contributed by atoms with Gasteiger partial charge in [0, 0.05) is 43.2 Å². The Kier molecular flexibility index (Phi) is 10.5. The first-order valence-electron chi connectivity index (χ1n) is 15.4. The molecule has 1 spiro atoms. The average Bonchev–Trinajstić information content (AvgIpc) is 3.55. The quantitative estimate of drug-likeness (QED) is 0.220. The number of unbranched alkanes of at least 4 members (excludes halogenated alkanes) is 2. The van der Waals surface area contributed by atoms with E-state index in [0.717, 1.165) is 37.1 Å². The minimum Gasteiger partial charge on any atom is -0.494 e. The molecule has 3 heterocycles. The smallest absolute Gasteiger partial charge is 0.247 e. The maximum atomic E-state index is 14.5. The number of rotatable bonds is 16. The summed E-state index contributed by atoms with van der Waals surface area (Å²) in [6, 6.07) is 6.75. The van der Waals surface area contributed by atoms with Crippen molar-refractivity contribution in [2.75, 3.05) is 44.3 Å². The molecule has 4 rings (SSSR count). The molecule has 0 radical (unpaired) electrons. The van der Waals surface area contributed by atoms with Gasteiger partial charge in [0.2, 0.25) is 17.7 Å². The maximum Gasteiger partial charge on any atom is 0.247 e. The number of hydrogen-bond acceptors (Lipinski definition) is 6. The molecule has 0 aliphatic carbocycles. The zero-order chi connectivity index (χ0) is 30.5. The summed E-state index contributed by atoms with van der Waals surface area (Å²) in [4.78, 5) is 48.5. The topological polar surface area (TPSA) is 90.4 Å². The number of benzene rings is 1. The number of anilines is 1. The number of nitrogens with zero attached hydrogens (tertiary/aromatic N) is 3. The second-order valence-electron chi connectivity index (χ2n) is 11.8. The number of hydrogen-bond donors (Lipinski definition) is 1. The molecule has 8 nitrogen and oxygen atoms in total. The molecule has 3 aliphatic heterocycles. The van der Waals surface area contributed by atoms with Crippen LogP contribution in [-0.2, 0) is 14.4 Å². The molecule has 1 N–H and O–H groups in total. The number of aliphatic hydroxyl groups excluding tert-OH is 1. The summed E-state index contributed by atoms with van der Waals surface area (Å²) in [6.45, 7) is 16.0. The van der Waals surface area contributed by atoms with Gasteiger partial charge in [0.05, 0.1) is 23.2 Å². The van der Waals surface area contributed by atoms with Gasteiger partial charge in [-0.3, -0.25) is 14.4 Å². The fourth-order valence-electron chi connectivity index (χ4n) is 7.24. The standard InChI is InChI=1S/C33H47N3O5S/c1-6-10-11-21-34(19-7-2)31(40)28-33-18-17-32(5,42-33)26(27(33)30(39)36(28)22-12-23-37)29(38)35(20-8-3)24-13-15-25(16-14-24)41-9-4/h7-8,13-16,26-28,37H,2-3,6,9-12,17-23H2,1,4-5H3/t26-,27-,28?,32+,33?/m0/s1. The fourth-order valence-corrected chi connectivity index (χ4v) is 9.59. The Morgan fingerprint density at radius 3 is 2.43 bits per heavy atom. The van der Waals surface area contributed by atoms with Crippen molar-refractivity contribution in [3.05, 3.63) is 49.6 Å². The van der Waals surface area contributed by atoms with Crippen molar-refractivity contribution in [2.24, 2.45) is 11.8 Å². The summed E-state index contributed by atoms with van der Waals surface area (Å²) in [7, 11) is 0. The van der Waals surface area contributed by atoms with Gasteiger partial charge in [-0.15, -0.1) is 24.9 Å². The fraction of sp³-hybridized carbons (Fsp3) is 0.606. The van der Waals surface area contributed by atoms with Gasteiger partial charge in [-0.05, 0) is 63.8 Å². The van der Waals surface area contributed by atoms with Crippen LogP contribution in [0.2, 0.25) is 0 Å². The lowest BCUT2D eigenvalue weighted by molar-refractivity contribution is -0.143. The van der Waals surface area contributed by atoms with E-state index in [2.05, 4.69) is 27.0 Å². The van der Waals surface area contributed by atoms with Crippen LogP contribution in [0, 0.1) is 11.8 Å². The van der Waals surface area contributed by atoms with Crippen LogP contribution < -0.4 is 9.64 Å². The molecular weight excluding hydrogens is 550 g/mol. The van der Waals surface area contributed by atoms with Gasteiger partial charge in [0.15, 0.2) is 0 Å². The number of likely N-dealkylation sites (tertiary alicyclic amines) is 1. The van der Waals surface area contributed by atoms with Crippen LogP contribution in [0.4, 0.5) is 5.69 Å².